The summed E-state index contributed by atoms with van der Waals surface area (Å²) in [7, 11) is 0. The first-order valence-electron chi connectivity index (χ1n) is 16.3. The summed E-state index contributed by atoms with van der Waals surface area (Å²) in [6.07, 6.45) is 5.94. The molecule has 0 radical (unpaired) electrons. The molecule has 2 aliphatic heterocycles. The maximum Gasteiger partial charge on any atom is 0.128 e. The lowest BCUT2D eigenvalue weighted by molar-refractivity contribution is 0.177. The molecule has 2 saturated heterocycles. The van der Waals surface area contributed by atoms with Gasteiger partial charge in [-0.2, -0.15) is 0 Å². The molecule has 0 amide bonds. The molecule has 4 heterocycles. The van der Waals surface area contributed by atoms with E-state index >= 15 is 0 Å². The van der Waals surface area contributed by atoms with Crippen molar-refractivity contribution in [2.24, 2.45) is 11.8 Å². The summed E-state index contributed by atoms with van der Waals surface area (Å²) in [5.74, 6) is 2.23. The van der Waals surface area contributed by atoms with Gasteiger partial charge in [-0.05, 0) is 98.6 Å². The molecule has 0 saturated carbocycles. The predicted octanol–water partition coefficient (Wildman–Crippen LogP) is 6.52. The summed E-state index contributed by atoms with van der Waals surface area (Å²) < 4.78 is 0. The number of rotatable bonds is 13. The van der Waals surface area contributed by atoms with E-state index < -0.39 is 0 Å². The highest BCUT2D eigenvalue weighted by Crippen LogP contribution is 2.29. The molecule has 0 aliphatic carbocycles. The highest BCUT2D eigenvalue weighted by molar-refractivity contribution is 6.35. The van der Waals surface area contributed by atoms with Gasteiger partial charge in [0, 0.05) is 92.0 Å². The first kappa shape index (κ1) is 33.7. The van der Waals surface area contributed by atoms with Gasteiger partial charge in [0.25, 0.3) is 0 Å². The number of likely N-dealkylation sites (tertiary alicyclic amines) is 1. The maximum absolute atomic E-state index is 9.22. The Morgan fingerprint density at radius 2 is 1.71 bits per heavy atom. The fourth-order valence-corrected chi connectivity index (χ4v) is 6.96. The third-order valence-electron chi connectivity index (χ3n) is 8.98. The topological polar surface area (TPSA) is 67.8 Å². The highest BCUT2D eigenvalue weighted by atomic mass is 35.5. The number of anilines is 1. The van der Waals surface area contributed by atoms with Crippen molar-refractivity contribution >= 4 is 29.0 Å². The molecule has 242 valence electrons. The highest BCUT2D eigenvalue weighted by Gasteiger charge is 2.21. The molecule has 2 fully saturated rings. The van der Waals surface area contributed by atoms with E-state index in [9.17, 15) is 5.11 Å². The number of piperazine rings is 1. The van der Waals surface area contributed by atoms with Gasteiger partial charge in [-0.15, -0.1) is 0 Å². The Kier molecular flexibility index (Phi) is 12.2. The number of aromatic nitrogens is 2. The fourth-order valence-electron chi connectivity index (χ4n) is 6.44. The molecule has 45 heavy (non-hydrogen) atoms. The second-order valence-electron chi connectivity index (χ2n) is 13.0. The lowest BCUT2D eigenvalue weighted by Crippen LogP contribution is -2.47. The Balaban J connectivity index is 1.26. The van der Waals surface area contributed by atoms with Gasteiger partial charge < -0.3 is 15.3 Å². The molecule has 1 unspecified atom stereocenters. The normalized spacial score (nSPS) is 17.4. The Morgan fingerprint density at radius 3 is 2.36 bits per heavy atom. The SMILES string of the molecule is C=C(C)NCC1CCN(Cc2cc(Cc3ccc(N4CCN(CC(C)CCO)CC4)nc3)nc(-c3cc(Cl)cc(Cl)c3)c2)CC1. The van der Waals surface area contributed by atoms with Crippen LogP contribution in [-0.4, -0.2) is 83.8 Å². The predicted molar refractivity (Wildman–Crippen MR) is 187 cm³/mol. The summed E-state index contributed by atoms with van der Waals surface area (Å²) in [5, 5.41) is 13.9. The third-order valence-corrected chi connectivity index (χ3v) is 9.42. The minimum Gasteiger partial charge on any atom is -0.396 e. The first-order valence-corrected chi connectivity index (χ1v) is 17.1. The zero-order chi connectivity index (χ0) is 31.8. The molecule has 0 bridgehead atoms. The number of halogens is 2. The third kappa shape index (κ3) is 10.2. The van der Waals surface area contributed by atoms with Gasteiger partial charge in [0.2, 0.25) is 0 Å². The van der Waals surface area contributed by atoms with E-state index in [1.54, 1.807) is 6.07 Å². The van der Waals surface area contributed by atoms with Crippen molar-refractivity contribution in [3.05, 3.63) is 87.8 Å². The van der Waals surface area contributed by atoms with Crippen LogP contribution in [0.5, 0.6) is 0 Å². The van der Waals surface area contributed by atoms with E-state index in [0.29, 0.717) is 28.3 Å². The molecule has 0 spiro atoms. The van der Waals surface area contributed by atoms with Crippen molar-refractivity contribution in [2.45, 2.75) is 46.1 Å². The number of nitrogens with one attached hydrogen (secondary N) is 1. The van der Waals surface area contributed by atoms with E-state index in [0.717, 1.165) is 99.4 Å². The molecule has 2 aliphatic rings. The minimum absolute atomic E-state index is 0.265. The molecule has 3 aromatic rings. The second-order valence-corrected chi connectivity index (χ2v) is 13.9. The van der Waals surface area contributed by atoms with Crippen molar-refractivity contribution in [1.29, 1.82) is 0 Å². The first-order chi connectivity index (χ1) is 21.7. The van der Waals surface area contributed by atoms with Crippen molar-refractivity contribution in [3.8, 4) is 11.3 Å². The number of aliphatic hydroxyl groups excluding tert-OH is 1. The van der Waals surface area contributed by atoms with Gasteiger partial charge in [0.05, 0.1) is 5.69 Å². The van der Waals surface area contributed by atoms with E-state index in [1.807, 2.05) is 25.3 Å². The van der Waals surface area contributed by atoms with Crippen LogP contribution in [0, 0.1) is 11.8 Å². The Morgan fingerprint density at radius 1 is 0.978 bits per heavy atom. The summed E-state index contributed by atoms with van der Waals surface area (Å²) >= 11 is 12.8. The van der Waals surface area contributed by atoms with Crippen molar-refractivity contribution in [2.75, 3.05) is 63.9 Å². The number of aliphatic hydroxyl groups is 1. The zero-order valence-electron chi connectivity index (χ0n) is 26.8. The monoisotopic (exact) mass is 650 g/mol. The molecule has 9 heteroatoms. The Bertz CT molecular complexity index is 1380. The summed E-state index contributed by atoms with van der Waals surface area (Å²) in [5.41, 5.74) is 6.27. The van der Waals surface area contributed by atoms with E-state index in [1.165, 1.54) is 18.4 Å². The number of hydrogen-bond donors (Lipinski definition) is 2. The summed E-state index contributed by atoms with van der Waals surface area (Å²) in [4.78, 5) is 17.3. The van der Waals surface area contributed by atoms with E-state index in [4.69, 9.17) is 33.2 Å². The van der Waals surface area contributed by atoms with Crippen LogP contribution >= 0.6 is 23.2 Å². The lowest BCUT2D eigenvalue weighted by Gasteiger charge is -2.36. The number of benzene rings is 1. The molecule has 2 aromatic heterocycles. The molecule has 7 nitrogen and oxygen atoms in total. The van der Waals surface area contributed by atoms with Crippen molar-refractivity contribution in [1.82, 2.24) is 25.1 Å². The number of pyridine rings is 2. The average Bonchev–Trinajstić information content (AvgIpc) is 3.01. The molecule has 1 aromatic carbocycles. The van der Waals surface area contributed by atoms with Crippen LogP contribution in [-0.2, 0) is 13.0 Å². The lowest BCUT2D eigenvalue weighted by atomic mass is 9.96. The number of nitrogens with zero attached hydrogens (tertiary/aromatic N) is 5. The Labute approximate surface area is 279 Å². The van der Waals surface area contributed by atoms with Crippen LogP contribution in [0.25, 0.3) is 11.3 Å². The van der Waals surface area contributed by atoms with Gasteiger partial charge >= 0.3 is 0 Å². The van der Waals surface area contributed by atoms with E-state index in [-0.39, 0.29) is 6.61 Å². The van der Waals surface area contributed by atoms with Gasteiger partial charge in [-0.3, -0.25) is 14.8 Å². The Hall–Kier alpha value is -2.68. The minimum atomic E-state index is 0.265. The van der Waals surface area contributed by atoms with Gasteiger partial charge in [-0.25, -0.2) is 4.98 Å². The second kappa shape index (κ2) is 16.2. The van der Waals surface area contributed by atoms with Crippen LogP contribution in [0.3, 0.4) is 0 Å². The molecule has 1 atom stereocenters. The summed E-state index contributed by atoms with van der Waals surface area (Å²) in [6.45, 7) is 17.6. The number of hydrogen-bond acceptors (Lipinski definition) is 7. The van der Waals surface area contributed by atoms with Gasteiger partial charge in [-0.1, -0.05) is 42.8 Å². The van der Waals surface area contributed by atoms with Gasteiger partial charge in [0.15, 0.2) is 0 Å². The maximum atomic E-state index is 9.22. The quantitative estimate of drug-likeness (QED) is 0.218. The smallest absolute Gasteiger partial charge is 0.128 e. The number of piperidine rings is 1. The molecule has 2 N–H and O–H groups in total. The van der Waals surface area contributed by atoms with Gasteiger partial charge in [0.1, 0.15) is 5.82 Å². The number of allylic oxidation sites excluding steroid dienone is 1. The molecule has 5 rings (SSSR count). The largest absolute Gasteiger partial charge is 0.396 e. The summed E-state index contributed by atoms with van der Waals surface area (Å²) in [6, 6.07) is 14.4. The average molecular weight is 652 g/mol. The van der Waals surface area contributed by atoms with Crippen LogP contribution in [0.2, 0.25) is 10.0 Å². The van der Waals surface area contributed by atoms with E-state index in [2.05, 4.69) is 57.8 Å². The van der Waals surface area contributed by atoms with Crippen molar-refractivity contribution in [3.63, 3.8) is 0 Å². The molecular weight excluding hydrogens is 603 g/mol. The molecular formula is C36H48Cl2N6O. The standard InChI is InChI=1S/C36H48Cl2N6O/c1-26(2)39-22-28-6-9-42(10-7-28)25-30-17-34(41-35(18-30)31-19-32(37)21-33(38)20-31)16-29-4-5-36(40-23-29)44-13-11-43(12-14-44)24-27(3)8-15-45/h4-5,17-21,23,27-28,39,45H,1,6-16,22,24-25H2,2-3H3. The van der Waals surface area contributed by atoms with Crippen LogP contribution in [0.15, 0.2) is 60.9 Å². The van der Waals surface area contributed by atoms with Crippen LogP contribution in [0.1, 0.15) is 49.9 Å². The fraction of sp³-hybridized carbons (Fsp3) is 0.500. The van der Waals surface area contributed by atoms with Crippen LogP contribution < -0.4 is 10.2 Å². The van der Waals surface area contributed by atoms with Crippen molar-refractivity contribution < 1.29 is 5.11 Å². The zero-order valence-corrected chi connectivity index (χ0v) is 28.3. The van der Waals surface area contributed by atoms with Crippen LogP contribution in [0.4, 0.5) is 5.82 Å².